The molecular formula is C42H30N2O4. The van der Waals surface area contributed by atoms with Crippen LogP contribution in [0.15, 0.2) is 84.9 Å². The van der Waals surface area contributed by atoms with Crippen molar-refractivity contribution in [1.29, 1.82) is 0 Å². The lowest BCUT2D eigenvalue weighted by Crippen LogP contribution is -2.36. The molecule has 7 aromatic carbocycles. The molecule has 2 N–H and O–H groups in total. The summed E-state index contributed by atoms with van der Waals surface area (Å²) in [5.41, 5.74) is 8.82. The smallest absolute Gasteiger partial charge is 0.259 e. The van der Waals surface area contributed by atoms with Crippen molar-refractivity contribution in [2.24, 2.45) is 0 Å². The highest BCUT2D eigenvalue weighted by molar-refractivity contribution is 6.42. The van der Waals surface area contributed by atoms with Gasteiger partial charge in [-0.2, -0.15) is 0 Å². The fraction of sp³-hybridized carbons (Fsp3) is 0.143. The van der Waals surface area contributed by atoms with Crippen LogP contribution in [-0.2, 0) is 25.7 Å². The Morgan fingerprint density at radius 1 is 0.417 bits per heavy atom. The first-order chi connectivity index (χ1) is 23.3. The Bertz CT molecular complexity index is 2590. The summed E-state index contributed by atoms with van der Waals surface area (Å²) in [6.45, 7) is 4.22. The molecule has 0 radical (unpaired) electrons. The number of hydrogen-bond donors (Lipinski definition) is 2. The quantitative estimate of drug-likeness (QED) is 0.112. The number of nitrogens with one attached hydrogen (secondary N) is 2. The van der Waals surface area contributed by atoms with E-state index in [-0.39, 0.29) is 5.91 Å². The Balaban J connectivity index is 1.45. The number of amides is 4. The van der Waals surface area contributed by atoms with Gasteiger partial charge in [0.05, 0.1) is 5.56 Å². The predicted octanol–water partition coefficient (Wildman–Crippen LogP) is 7.69. The summed E-state index contributed by atoms with van der Waals surface area (Å²) in [5, 5.41) is 11.9. The summed E-state index contributed by atoms with van der Waals surface area (Å²) in [6, 6.07) is 27.9. The average Bonchev–Trinajstić information content (AvgIpc) is 3.08. The van der Waals surface area contributed by atoms with Gasteiger partial charge >= 0.3 is 0 Å². The highest BCUT2D eigenvalue weighted by Crippen LogP contribution is 2.48. The fourth-order valence-corrected chi connectivity index (χ4v) is 8.32. The van der Waals surface area contributed by atoms with Gasteiger partial charge in [0.15, 0.2) is 0 Å². The van der Waals surface area contributed by atoms with E-state index >= 15 is 0 Å². The summed E-state index contributed by atoms with van der Waals surface area (Å²) < 4.78 is 0. The van der Waals surface area contributed by atoms with E-state index < -0.39 is 17.7 Å². The van der Waals surface area contributed by atoms with Crippen LogP contribution in [0.25, 0.3) is 43.1 Å². The number of carbonyl (C=O) groups excluding carboxylic acids is 4. The van der Waals surface area contributed by atoms with Crippen LogP contribution in [-0.4, -0.2) is 23.6 Å². The van der Waals surface area contributed by atoms with E-state index in [1.165, 1.54) is 22.3 Å². The zero-order valence-electron chi connectivity index (χ0n) is 26.5. The second kappa shape index (κ2) is 10.3. The van der Waals surface area contributed by atoms with Gasteiger partial charge in [0, 0.05) is 27.5 Å². The van der Waals surface area contributed by atoms with Crippen molar-refractivity contribution in [3.05, 3.63) is 141 Å². The highest BCUT2D eigenvalue weighted by Gasteiger charge is 2.34. The van der Waals surface area contributed by atoms with Gasteiger partial charge in [0.2, 0.25) is 0 Å². The van der Waals surface area contributed by atoms with Gasteiger partial charge in [0.1, 0.15) is 0 Å². The first-order valence-corrected chi connectivity index (χ1v) is 16.4. The van der Waals surface area contributed by atoms with E-state index in [1.807, 2.05) is 48.5 Å². The van der Waals surface area contributed by atoms with E-state index in [0.29, 0.717) is 45.9 Å². The molecule has 0 atom stereocenters. The van der Waals surface area contributed by atoms with Crippen LogP contribution >= 0.6 is 0 Å². The van der Waals surface area contributed by atoms with E-state index in [0.717, 1.165) is 56.3 Å². The molecule has 6 nitrogen and oxygen atoms in total. The molecule has 2 heterocycles. The van der Waals surface area contributed by atoms with Crippen LogP contribution in [0.2, 0.25) is 0 Å². The van der Waals surface area contributed by atoms with Gasteiger partial charge in [-0.25, -0.2) is 0 Å². The van der Waals surface area contributed by atoms with Gasteiger partial charge in [-0.05, 0) is 123 Å². The summed E-state index contributed by atoms with van der Waals surface area (Å²) >= 11 is 0. The molecule has 0 aromatic heterocycles. The molecule has 2 aliphatic heterocycles. The third-order valence-electron chi connectivity index (χ3n) is 10.6. The molecule has 7 aromatic rings. The predicted molar refractivity (Wildman–Crippen MR) is 188 cm³/mol. The molecule has 4 amide bonds. The number of fused-ring (bicyclic) bond motifs is 2. The van der Waals surface area contributed by atoms with Gasteiger partial charge < -0.3 is 0 Å². The standard InChI is InChI=1S/C42H30N2O4/c1-21-7-3-5-9-23(21)11-13-25-28(14-12-24-10-6-4-8-22(24)2)38-37-32(41(47)44-42(38)48)19-16-27-26-15-18-30-35-31(40(46)43-39(30)45)20-17-29(33(26)35)34(25)36(27)37/h3-10,15-20H,11-14H2,1-2H3,(H,43,45,46)(H,44,47,48). The summed E-state index contributed by atoms with van der Waals surface area (Å²) in [4.78, 5) is 53.6. The molecule has 0 unspecified atom stereocenters. The second-order valence-corrected chi connectivity index (χ2v) is 13.1. The monoisotopic (exact) mass is 626 g/mol. The Hall–Kier alpha value is -5.88. The molecule has 48 heavy (non-hydrogen) atoms. The lowest BCUT2D eigenvalue weighted by molar-refractivity contribution is 0.0828. The maximum Gasteiger partial charge on any atom is 0.259 e. The van der Waals surface area contributed by atoms with Crippen molar-refractivity contribution < 1.29 is 19.2 Å². The van der Waals surface area contributed by atoms with Gasteiger partial charge in [0.25, 0.3) is 23.6 Å². The van der Waals surface area contributed by atoms with E-state index in [1.54, 1.807) is 6.07 Å². The minimum absolute atomic E-state index is 0.369. The lowest BCUT2D eigenvalue weighted by Gasteiger charge is -2.28. The molecule has 0 saturated carbocycles. The number of benzene rings is 7. The molecule has 0 saturated heterocycles. The normalized spacial score (nSPS) is 14.0. The Morgan fingerprint density at radius 2 is 0.896 bits per heavy atom. The van der Waals surface area contributed by atoms with Gasteiger partial charge in [-0.15, -0.1) is 0 Å². The first-order valence-electron chi connectivity index (χ1n) is 16.4. The number of imide groups is 2. The van der Waals surface area contributed by atoms with Crippen molar-refractivity contribution in [2.75, 3.05) is 0 Å². The molecule has 0 aliphatic carbocycles. The average molecular weight is 627 g/mol. The zero-order chi connectivity index (χ0) is 32.8. The minimum atomic E-state index is -0.409. The minimum Gasteiger partial charge on any atom is -0.288 e. The molecule has 0 fully saturated rings. The van der Waals surface area contributed by atoms with Crippen molar-refractivity contribution >= 4 is 66.7 Å². The lowest BCUT2D eigenvalue weighted by atomic mass is 9.77. The summed E-state index contributed by atoms with van der Waals surface area (Å²) in [7, 11) is 0. The second-order valence-electron chi connectivity index (χ2n) is 13.1. The zero-order valence-corrected chi connectivity index (χ0v) is 26.5. The van der Waals surface area contributed by atoms with Crippen LogP contribution in [0, 0.1) is 13.8 Å². The van der Waals surface area contributed by atoms with Gasteiger partial charge in [-0.3, -0.25) is 29.8 Å². The van der Waals surface area contributed by atoms with Crippen molar-refractivity contribution in [3.63, 3.8) is 0 Å². The number of carbonyl (C=O) groups is 4. The highest BCUT2D eigenvalue weighted by atomic mass is 16.2. The van der Waals surface area contributed by atoms with Crippen molar-refractivity contribution in [3.8, 4) is 0 Å². The largest absolute Gasteiger partial charge is 0.288 e. The SMILES string of the molecule is Cc1ccccc1CCc1c2c3c(ccc4c5ccc6c7c(ccc(c(c1CCc1ccccc1C)c34)c75)C(=O)NC6=O)C(=O)NC2=O. The molecule has 9 rings (SSSR count). The fourth-order valence-electron chi connectivity index (χ4n) is 8.32. The van der Waals surface area contributed by atoms with E-state index in [4.69, 9.17) is 0 Å². The van der Waals surface area contributed by atoms with Crippen molar-refractivity contribution in [2.45, 2.75) is 39.5 Å². The Kier molecular flexibility index (Phi) is 6.09. The summed E-state index contributed by atoms with van der Waals surface area (Å²) in [6.07, 6.45) is 2.75. The number of aryl methyl sites for hydroxylation is 5. The van der Waals surface area contributed by atoms with Crippen LogP contribution in [0.3, 0.4) is 0 Å². The first kappa shape index (κ1) is 28.4. The Morgan fingerprint density at radius 3 is 1.48 bits per heavy atom. The summed E-state index contributed by atoms with van der Waals surface area (Å²) in [5.74, 6) is -1.59. The topological polar surface area (TPSA) is 92.3 Å². The Labute approximate surface area is 276 Å². The molecule has 0 spiro atoms. The molecule has 0 bridgehead atoms. The van der Waals surface area contributed by atoms with Crippen LogP contribution in [0.1, 0.15) is 74.8 Å². The van der Waals surface area contributed by atoms with Gasteiger partial charge in [-0.1, -0.05) is 66.7 Å². The number of rotatable bonds is 6. The van der Waals surface area contributed by atoms with Crippen LogP contribution in [0.4, 0.5) is 0 Å². The molecule has 6 heteroatoms. The number of hydrogen-bond acceptors (Lipinski definition) is 4. The van der Waals surface area contributed by atoms with Crippen LogP contribution < -0.4 is 10.6 Å². The van der Waals surface area contributed by atoms with Crippen LogP contribution in [0.5, 0.6) is 0 Å². The van der Waals surface area contributed by atoms with E-state index in [9.17, 15) is 19.2 Å². The molecule has 2 aliphatic rings. The third-order valence-corrected chi connectivity index (χ3v) is 10.6. The molecular weight excluding hydrogens is 596 g/mol. The molecule has 232 valence electrons. The van der Waals surface area contributed by atoms with Crippen molar-refractivity contribution in [1.82, 2.24) is 10.6 Å². The third kappa shape index (κ3) is 3.92. The maximum atomic E-state index is 14.0. The maximum absolute atomic E-state index is 14.0. The van der Waals surface area contributed by atoms with E-state index in [2.05, 4.69) is 54.8 Å².